The Morgan fingerprint density at radius 3 is 2.48 bits per heavy atom. The number of nitrogens with one attached hydrogen (secondary N) is 1. The lowest BCUT2D eigenvalue weighted by molar-refractivity contribution is -0.125. The number of rotatable bonds is 5. The number of piperidine rings is 1. The van der Waals surface area contributed by atoms with Gasteiger partial charge in [-0.1, -0.05) is 26.0 Å². The van der Waals surface area contributed by atoms with Crippen LogP contribution in [0.25, 0.3) is 0 Å². The Kier molecular flexibility index (Phi) is 6.27. The summed E-state index contributed by atoms with van der Waals surface area (Å²) in [7, 11) is 0. The van der Waals surface area contributed by atoms with Gasteiger partial charge in [-0.2, -0.15) is 0 Å². The topological polar surface area (TPSA) is 41.6 Å². The first kappa shape index (κ1) is 20.3. The molecular weight excluding hydrogens is 336 g/mol. The van der Waals surface area contributed by atoms with Crippen LogP contribution in [0.4, 0.5) is 0 Å². The van der Waals surface area contributed by atoms with E-state index in [2.05, 4.69) is 43.1 Å². The van der Waals surface area contributed by atoms with Crippen LogP contribution in [-0.4, -0.2) is 42.1 Å². The maximum atomic E-state index is 11.8. The summed E-state index contributed by atoms with van der Waals surface area (Å²) in [6, 6.07) is 4.67. The van der Waals surface area contributed by atoms with Crippen molar-refractivity contribution in [2.24, 2.45) is 5.92 Å². The minimum atomic E-state index is 0.0393. The van der Waals surface area contributed by atoms with Crippen molar-refractivity contribution in [2.75, 3.05) is 19.6 Å². The van der Waals surface area contributed by atoms with Crippen molar-refractivity contribution in [3.63, 3.8) is 0 Å². The molecule has 4 nitrogen and oxygen atoms in total. The van der Waals surface area contributed by atoms with Crippen molar-refractivity contribution in [2.45, 2.75) is 78.6 Å². The summed E-state index contributed by atoms with van der Waals surface area (Å²) in [6.45, 7) is 14.4. The van der Waals surface area contributed by atoms with Gasteiger partial charge in [-0.3, -0.25) is 9.69 Å². The molecular formula is C23H36N2O2. The van der Waals surface area contributed by atoms with Crippen LogP contribution >= 0.6 is 0 Å². The van der Waals surface area contributed by atoms with E-state index < -0.39 is 0 Å². The predicted molar refractivity (Wildman–Crippen MR) is 110 cm³/mol. The molecule has 1 spiro atoms. The molecule has 27 heavy (non-hydrogen) atoms. The summed E-state index contributed by atoms with van der Waals surface area (Å²) < 4.78 is 6.44. The third kappa shape index (κ3) is 4.91. The number of likely N-dealkylation sites (tertiary alicyclic amines) is 1. The molecule has 1 amide bonds. The fourth-order valence-corrected chi connectivity index (χ4v) is 4.38. The van der Waals surface area contributed by atoms with E-state index in [-0.39, 0.29) is 23.5 Å². The second-order valence-corrected chi connectivity index (χ2v) is 9.00. The first-order valence-corrected chi connectivity index (χ1v) is 10.5. The highest BCUT2D eigenvalue weighted by atomic mass is 16.5. The average molecular weight is 373 g/mol. The Morgan fingerprint density at radius 2 is 1.81 bits per heavy atom. The van der Waals surface area contributed by atoms with E-state index in [1.165, 1.54) is 22.3 Å². The molecule has 0 aromatic heterocycles. The average Bonchev–Trinajstić information content (AvgIpc) is 3.02. The summed E-state index contributed by atoms with van der Waals surface area (Å²) in [6.07, 6.45) is 4.58. The molecule has 2 aliphatic heterocycles. The van der Waals surface area contributed by atoms with Gasteiger partial charge in [0.25, 0.3) is 0 Å². The van der Waals surface area contributed by atoms with Crippen LogP contribution in [-0.2, 0) is 16.1 Å². The van der Waals surface area contributed by atoms with Crippen LogP contribution in [0.5, 0.6) is 0 Å². The Morgan fingerprint density at radius 1 is 1.15 bits per heavy atom. The second kappa shape index (κ2) is 8.32. The third-order valence-electron chi connectivity index (χ3n) is 6.48. The molecule has 2 heterocycles. The zero-order valence-corrected chi connectivity index (χ0v) is 17.7. The van der Waals surface area contributed by atoms with Crippen LogP contribution in [0.3, 0.4) is 0 Å². The molecule has 1 unspecified atom stereocenters. The van der Waals surface area contributed by atoms with Crippen LogP contribution in [0.1, 0.15) is 61.8 Å². The minimum absolute atomic E-state index is 0.0393. The number of ether oxygens (including phenoxy) is 1. The quantitative estimate of drug-likeness (QED) is 0.852. The number of hydrogen-bond acceptors (Lipinski definition) is 3. The molecule has 3 rings (SSSR count). The van der Waals surface area contributed by atoms with Crippen molar-refractivity contribution in [3.05, 3.63) is 34.4 Å². The van der Waals surface area contributed by atoms with Crippen molar-refractivity contribution < 1.29 is 9.53 Å². The summed E-state index contributed by atoms with van der Waals surface area (Å²) >= 11 is 0. The van der Waals surface area contributed by atoms with Crippen molar-refractivity contribution in [1.82, 2.24) is 10.2 Å². The van der Waals surface area contributed by atoms with E-state index in [1.807, 2.05) is 13.8 Å². The van der Waals surface area contributed by atoms with E-state index in [0.29, 0.717) is 6.54 Å². The van der Waals surface area contributed by atoms with Gasteiger partial charge in [-0.15, -0.1) is 0 Å². The lowest BCUT2D eigenvalue weighted by Crippen LogP contribution is -2.45. The zero-order valence-electron chi connectivity index (χ0n) is 17.7. The van der Waals surface area contributed by atoms with Gasteiger partial charge in [0.2, 0.25) is 5.91 Å². The number of amides is 1. The first-order valence-electron chi connectivity index (χ1n) is 10.5. The number of hydrogen-bond donors (Lipinski definition) is 1. The highest BCUT2D eigenvalue weighted by Crippen LogP contribution is 2.39. The number of carbonyl (C=O) groups is 1. The van der Waals surface area contributed by atoms with Gasteiger partial charge < -0.3 is 10.1 Å². The van der Waals surface area contributed by atoms with Crippen molar-refractivity contribution in [3.8, 4) is 0 Å². The van der Waals surface area contributed by atoms with Gasteiger partial charge in [0.1, 0.15) is 0 Å². The first-order chi connectivity index (χ1) is 12.8. The minimum Gasteiger partial charge on any atom is -0.370 e. The van der Waals surface area contributed by atoms with Crippen molar-refractivity contribution >= 4 is 5.91 Å². The molecule has 4 heteroatoms. The Hall–Kier alpha value is -1.39. The molecule has 2 aliphatic rings. The number of nitrogens with zero attached hydrogens (tertiary/aromatic N) is 1. The molecule has 0 saturated carbocycles. The van der Waals surface area contributed by atoms with E-state index >= 15 is 0 Å². The Bertz CT molecular complexity index is 675. The summed E-state index contributed by atoms with van der Waals surface area (Å²) in [5.41, 5.74) is 5.66. The monoisotopic (exact) mass is 372 g/mol. The molecule has 0 radical (unpaired) electrons. The van der Waals surface area contributed by atoms with Crippen LogP contribution < -0.4 is 5.32 Å². The van der Waals surface area contributed by atoms with Gasteiger partial charge in [0.05, 0.1) is 11.7 Å². The number of carbonyl (C=O) groups excluding carboxylic acids is 1. The Labute approximate surface area is 164 Å². The fourth-order valence-electron chi connectivity index (χ4n) is 4.38. The fraction of sp³-hybridized carbons (Fsp3) is 0.696. The lowest BCUT2D eigenvalue weighted by Gasteiger charge is -2.39. The van der Waals surface area contributed by atoms with Gasteiger partial charge in [-0.25, -0.2) is 0 Å². The van der Waals surface area contributed by atoms with E-state index in [1.54, 1.807) is 0 Å². The van der Waals surface area contributed by atoms with Crippen LogP contribution in [0, 0.1) is 26.7 Å². The zero-order chi connectivity index (χ0) is 19.6. The standard InChI is InChI=1S/C23H36N2O2/c1-16(2)22(26)24-14-21-6-7-23(27-21)8-10-25(11-9-23)15-20-13-18(4)17(3)12-19(20)5/h12-13,16,21H,6-11,14-15H2,1-5H3,(H,24,26). The number of benzene rings is 1. The Balaban J connectivity index is 1.49. The molecule has 150 valence electrons. The molecule has 2 saturated heterocycles. The normalized spacial score (nSPS) is 22.5. The highest BCUT2D eigenvalue weighted by Gasteiger charge is 2.42. The molecule has 1 aromatic rings. The summed E-state index contributed by atoms with van der Waals surface area (Å²) in [4.78, 5) is 14.4. The molecule has 1 N–H and O–H groups in total. The maximum Gasteiger partial charge on any atom is 0.222 e. The van der Waals surface area contributed by atoms with Crippen molar-refractivity contribution in [1.29, 1.82) is 0 Å². The molecule has 1 aromatic carbocycles. The number of aryl methyl sites for hydroxylation is 3. The second-order valence-electron chi connectivity index (χ2n) is 9.00. The molecule has 1 atom stereocenters. The SMILES string of the molecule is Cc1cc(C)c(CN2CCC3(CCC(CNC(=O)C(C)C)O3)CC2)cc1C. The van der Waals surface area contributed by atoms with Crippen LogP contribution in [0.2, 0.25) is 0 Å². The van der Waals surface area contributed by atoms with E-state index in [9.17, 15) is 4.79 Å². The van der Waals surface area contributed by atoms with E-state index in [0.717, 1.165) is 45.3 Å². The summed E-state index contributed by atoms with van der Waals surface area (Å²) in [5.74, 6) is 0.163. The summed E-state index contributed by atoms with van der Waals surface area (Å²) in [5, 5.41) is 3.03. The van der Waals surface area contributed by atoms with Gasteiger partial charge in [-0.05, 0) is 68.7 Å². The lowest BCUT2D eigenvalue weighted by atomic mass is 9.88. The van der Waals surface area contributed by atoms with Gasteiger partial charge >= 0.3 is 0 Å². The highest BCUT2D eigenvalue weighted by molar-refractivity contribution is 5.77. The third-order valence-corrected chi connectivity index (χ3v) is 6.48. The predicted octanol–water partition coefficient (Wildman–Crippen LogP) is 3.90. The molecule has 0 aliphatic carbocycles. The van der Waals surface area contributed by atoms with Crippen LogP contribution in [0.15, 0.2) is 12.1 Å². The maximum absolute atomic E-state index is 11.8. The molecule has 2 fully saturated rings. The van der Waals surface area contributed by atoms with Gasteiger partial charge in [0, 0.05) is 32.1 Å². The smallest absolute Gasteiger partial charge is 0.222 e. The molecule has 0 bridgehead atoms. The van der Waals surface area contributed by atoms with Gasteiger partial charge in [0.15, 0.2) is 0 Å². The largest absolute Gasteiger partial charge is 0.370 e. The van der Waals surface area contributed by atoms with E-state index in [4.69, 9.17) is 4.74 Å².